The second-order valence-electron chi connectivity index (χ2n) is 7.83. The zero-order chi connectivity index (χ0) is 21.8. The van der Waals surface area contributed by atoms with Gasteiger partial charge in [-0.25, -0.2) is 9.97 Å². The largest absolute Gasteiger partial charge is 0.489 e. The number of ether oxygens (including phenoxy) is 1. The highest BCUT2D eigenvalue weighted by Gasteiger charge is 2.22. The smallest absolute Gasteiger partial charge is 0.307 e. The van der Waals surface area contributed by atoms with Gasteiger partial charge in [0.15, 0.2) is 5.82 Å². The number of halogens is 1. The van der Waals surface area contributed by atoms with Crippen LogP contribution in [0, 0.1) is 5.92 Å². The molecule has 1 N–H and O–H groups in total. The molecule has 0 aliphatic carbocycles. The van der Waals surface area contributed by atoms with Crippen LogP contribution in [0.5, 0.6) is 5.75 Å². The summed E-state index contributed by atoms with van der Waals surface area (Å²) in [4.78, 5) is 22.5. The molecule has 1 aliphatic heterocycles. The summed E-state index contributed by atoms with van der Waals surface area (Å²) >= 11 is 6.01. The molecule has 4 rings (SSSR count). The molecule has 160 valence electrons. The lowest BCUT2D eigenvalue weighted by Gasteiger charge is -2.29. The Balaban J connectivity index is 1.39. The highest BCUT2D eigenvalue weighted by Crippen LogP contribution is 2.24. The SMILES string of the molecule is CC(CN1CCc2nc(-c3ccc(OCc4cccc(Cl)c4)cc3)ncc2C1)C(=O)O. The van der Waals surface area contributed by atoms with E-state index in [9.17, 15) is 4.79 Å². The molecule has 0 spiro atoms. The van der Waals surface area contributed by atoms with Gasteiger partial charge in [-0.15, -0.1) is 0 Å². The van der Waals surface area contributed by atoms with Gasteiger partial charge in [0, 0.05) is 48.4 Å². The van der Waals surface area contributed by atoms with Crippen LogP contribution in [0.25, 0.3) is 11.4 Å². The summed E-state index contributed by atoms with van der Waals surface area (Å²) in [6.45, 7) is 4.21. The monoisotopic (exact) mass is 437 g/mol. The predicted molar refractivity (Wildman–Crippen MR) is 119 cm³/mol. The molecule has 2 heterocycles. The Labute approximate surface area is 186 Å². The maximum Gasteiger partial charge on any atom is 0.307 e. The Morgan fingerprint density at radius 1 is 1.26 bits per heavy atom. The number of benzene rings is 2. The standard InChI is InChI=1S/C24H24ClN3O3/c1-16(24(29)30)13-28-10-9-22-19(14-28)12-26-23(27-22)18-5-7-21(8-6-18)31-15-17-3-2-4-20(25)11-17/h2-8,11-12,16H,9-10,13-15H2,1H3,(H,29,30). The molecule has 1 aromatic heterocycles. The molecule has 0 radical (unpaired) electrons. The second-order valence-corrected chi connectivity index (χ2v) is 8.27. The van der Waals surface area contributed by atoms with Crippen LogP contribution in [-0.4, -0.2) is 39.0 Å². The number of carboxylic acids is 1. The van der Waals surface area contributed by atoms with E-state index in [0.717, 1.165) is 41.1 Å². The Morgan fingerprint density at radius 2 is 2.06 bits per heavy atom. The molecule has 1 unspecified atom stereocenters. The number of aliphatic carboxylic acids is 1. The van der Waals surface area contributed by atoms with E-state index in [1.165, 1.54) is 0 Å². The van der Waals surface area contributed by atoms with Crippen LogP contribution in [-0.2, 0) is 24.4 Å². The normalized spacial score (nSPS) is 14.6. The number of carboxylic acid groups (broad SMARTS) is 1. The molecule has 0 amide bonds. The van der Waals surface area contributed by atoms with E-state index in [0.29, 0.717) is 30.5 Å². The van der Waals surface area contributed by atoms with Crippen molar-refractivity contribution in [3.05, 3.63) is 76.6 Å². The first-order valence-corrected chi connectivity index (χ1v) is 10.6. The van der Waals surface area contributed by atoms with Crippen molar-refractivity contribution >= 4 is 17.6 Å². The van der Waals surface area contributed by atoms with E-state index >= 15 is 0 Å². The molecule has 0 saturated heterocycles. The molecule has 0 saturated carbocycles. The van der Waals surface area contributed by atoms with E-state index in [4.69, 9.17) is 26.4 Å². The zero-order valence-electron chi connectivity index (χ0n) is 17.3. The number of carbonyl (C=O) groups is 1. The number of hydrogen-bond acceptors (Lipinski definition) is 5. The summed E-state index contributed by atoms with van der Waals surface area (Å²) in [5, 5.41) is 9.82. The first kappa shape index (κ1) is 21.3. The Morgan fingerprint density at radius 3 is 2.81 bits per heavy atom. The van der Waals surface area contributed by atoms with Gasteiger partial charge in [-0.05, 0) is 42.0 Å². The summed E-state index contributed by atoms with van der Waals surface area (Å²) < 4.78 is 5.84. The maximum atomic E-state index is 11.1. The van der Waals surface area contributed by atoms with Crippen LogP contribution in [0.2, 0.25) is 5.02 Å². The van der Waals surface area contributed by atoms with Crippen LogP contribution < -0.4 is 4.74 Å². The topological polar surface area (TPSA) is 75.5 Å². The van der Waals surface area contributed by atoms with Crippen LogP contribution in [0.4, 0.5) is 0 Å². The van der Waals surface area contributed by atoms with Crippen LogP contribution in [0.3, 0.4) is 0 Å². The van der Waals surface area contributed by atoms with Crippen molar-refractivity contribution in [1.29, 1.82) is 0 Å². The molecule has 0 fully saturated rings. The van der Waals surface area contributed by atoms with Gasteiger partial charge in [0.05, 0.1) is 11.6 Å². The predicted octanol–water partition coefficient (Wildman–Crippen LogP) is 4.45. The third-order valence-electron chi connectivity index (χ3n) is 5.37. The molecule has 6 nitrogen and oxygen atoms in total. The van der Waals surface area contributed by atoms with Crippen LogP contribution >= 0.6 is 11.6 Å². The van der Waals surface area contributed by atoms with E-state index in [1.54, 1.807) is 6.92 Å². The summed E-state index contributed by atoms with van der Waals surface area (Å²) in [6.07, 6.45) is 2.65. The van der Waals surface area contributed by atoms with Gasteiger partial charge in [0.25, 0.3) is 0 Å². The summed E-state index contributed by atoms with van der Waals surface area (Å²) in [7, 11) is 0. The number of nitrogens with zero attached hydrogens (tertiary/aromatic N) is 3. The fourth-order valence-corrected chi connectivity index (χ4v) is 3.84. The van der Waals surface area contributed by atoms with Gasteiger partial charge < -0.3 is 9.84 Å². The molecule has 0 bridgehead atoms. The van der Waals surface area contributed by atoms with E-state index in [-0.39, 0.29) is 5.92 Å². The third kappa shape index (κ3) is 5.40. The number of fused-ring (bicyclic) bond motifs is 1. The average molecular weight is 438 g/mol. The molecule has 2 aromatic carbocycles. The third-order valence-corrected chi connectivity index (χ3v) is 5.61. The fraction of sp³-hybridized carbons (Fsp3) is 0.292. The average Bonchev–Trinajstić information content (AvgIpc) is 2.77. The number of rotatable bonds is 7. The lowest BCUT2D eigenvalue weighted by molar-refractivity contribution is -0.141. The van der Waals surface area contributed by atoms with Crippen molar-refractivity contribution in [2.45, 2.75) is 26.5 Å². The van der Waals surface area contributed by atoms with Crippen molar-refractivity contribution in [1.82, 2.24) is 14.9 Å². The van der Waals surface area contributed by atoms with Crippen molar-refractivity contribution < 1.29 is 14.6 Å². The lowest BCUT2D eigenvalue weighted by Crippen LogP contribution is -2.36. The quantitative estimate of drug-likeness (QED) is 0.588. The molecular weight excluding hydrogens is 414 g/mol. The lowest BCUT2D eigenvalue weighted by atomic mass is 10.0. The van der Waals surface area contributed by atoms with E-state index in [1.807, 2.05) is 54.7 Å². The zero-order valence-corrected chi connectivity index (χ0v) is 18.0. The van der Waals surface area contributed by atoms with Crippen molar-refractivity contribution in [2.24, 2.45) is 5.92 Å². The van der Waals surface area contributed by atoms with Gasteiger partial charge in [0.1, 0.15) is 12.4 Å². The Hall–Kier alpha value is -2.96. The maximum absolute atomic E-state index is 11.1. The molecular formula is C24H24ClN3O3. The fourth-order valence-electron chi connectivity index (χ4n) is 3.63. The number of aromatic nitrogens is 2. The van der Waals surface area contributed by atoms with Gasteiger partial charge in [0.2, 0.25) is 0 Å². The van der Waals surface area contributed by atoms with Gasteiger partial charge in [-0.2, -0.15) is 0 Å². The molecule has 3 aromatic rings. The molecule has 31 heavy (non-hydrogen) atoms. The van der Waals surface area contributed by atoms with E-state index in [2.05, 4.69) is 9.88 Å². The van der Waals surface area contributed by atoms with Gasteiger partial charge in [-0.1, -0.05) is 30.7 Å². The first-order chi connectivity index (χ1) is 15.0. The van der Waals surface area contributed by atoms with Crippen LogP contribution in [0.1, 0.15) is 23.7 Å². The minimum atomic E-state index is -0.766. The molecule has 7 heteroatoms. The van der Waals surface area contributed by atoms with Crippen molar-refractivity contribution in [3.63, 3.8) is 0 Å². The summed E-state index contributed by atoms with van der Waals surface area (Å²) in [5.41, 5.74) is 4.04. The minimum absolute atomic E-state index is 0.388. The minimum Gasteiger partial charge on any atom is -0.489 e. The molecule has 1 aliphatic rings. The van der Waals surface area contributed by atoms with Gasteiger partial charge in [-0.3, -0.25) is 9.69 Å². The van der Waals surface area contributed by atoms with Crippen molar-refractivity contribution in [2.75, 3.05) is 13.1 Å². The van der Waals surface area contributed by atoms with E-state index < -0.39 is 5.97 Å². The Bertz CT molecular complexity index is 1070. The van der Waals surface area contributed by atoms with Crippen molar-refractivity contribution in [3.8, 4) is 17.1 Å². The van der Waals surface area contributed by atoms with Crippen LogP contribution in [0.15, 0.2) is 54.7 Å². The Kier molecular flexibility index (Phi) is 6.49. The summed E-state index contributed by atoms with van der Waals surface area (Å²) in [6, 6.07) is 15.4. The summed E-state index contributed by atoms with van der Waals surface area (Å²) in [5.74, 6) is 0.302. The highest BCUT2D eigenvalue weighted by atomic mass is 35.5. The highest BCUT2D eigenvalue weighted by molar-refractivity contribution is 6.30. The second kappa shape index (κ2) is 9.45. The van der Waals surface area contributed by atoms with Gasteiger partial charge >= 0.3 is 5.97 Å². The molecule has 1 atom stereocenters. The number of hydrogen-bond donors (Lipinski definition) is 1. The first-order valence-electron chi connectivity index (χ1n) is 10.3.